The van der Waals surface area contributed by atoms with E-state index < -0.39 is 6.09 Å². The number of aromatic nitrogens is 2. The first kappa shape index (κ1) is 26.2. The molecule has 1 amide bonds. The summed E-state index contributed by atoms with van der Waals surface area (Å²) in [6, 6.07) is 13.8. The van der Waals surface area contributed by atoms with Crippen molar-refractivity contribution < 1.29 is 19.4 Å². The molecule has 1 aromatic carbocycles. The maximum absolute atomic E-state index is 11.9. The lowest BCUT2D eigenvalue weighted by atomic mass is 9.88. The van der Waals surface area contributed by atoms with E-state index in [0.29, 0.717) is 44.1 Å². The molecular weight excluding hydrogens is 522 g/mol. The third-order valence-corrected chi connectivity index (χ3v) is 7.33. The Bertz CT molecular complexity index is 1660. The number of nitrogens with one attached hydrogen (secondary N) is 1. The van der Waals surface area contributed by atoms with Crippen LogP contribution in [0.1, 0.15) is 24.0 Å². The van der Waals surface area contributed by atoms with E-state index in [0.717, 1.165) is 39.0 Å². The van der Waals surface area contributed by atoms with E-state index in [2.05, 4.69) is 25.2 Å². The van der Waals surface area contributed by atoms with Crippen LogP contribution in [0.25, 0.3) is 5.57 Å². The van der Waals surface area contributed by atoms with Crippen LogP contribution in [0.5, 0.6) is 0 Å². The number of benzene rings is 1. The number of nitrogens with zero attached hydrogens (tertiary/aromatic N) is 6. The topological polar surface area (TPSA) is 133 Å². The van der Waals surface area contributed by atoms with Gasteiger partial charge < -0.3 is 25.0 Å². The molecule has 1 saturated heterocycles. The highest BCUT2D eigenvalue weighted by Gasteiger charge is 2.26. The van der Waals surface area contributed by atoms with Crippen LogP contribution in [0.2, 0.25) is 0 Å². The van der Waals surface area contributed by atoms with Gasteiger partial charge in [0.25, 0.3) is 0 Å². The Kier molecular flexibility index (Phi) is 7.15. The Labute approximate surface area is 236 Å². The van der Waals surface area contributed by atoms with Crippen LogP contribution in [0.3, 0.4) is 0 Å². The fraction of sp³-hybridized carbons (Fsp3) is 0.267. The Morgan fingerprint density at radius 2 is 1.85 bits per heavy atom. The van der Waals surface area contributed by atoms with Crippen molar-refractivity contribution >= 4 is 41.0 Å². The standard InChI is InChI=1S/C30H29N7O4/c1-2-41-27(38)13-19-3-5-20(6-4-19)24-17-31-18-25-28(24)23-14-21(15-33-29(23)35-25)34-26-8-7-22(16-32-26)36-9-11-37(12-10-36)30(39)40/h3-8,14-18,24H,2,9-13H2,1H3,(H,32,34)(H,39,40). The summed E-state index contributed by atoms with van der Waals surface area (Å²) < 4.78 is 5.06. The lowest BCUT2D eigenvalue weighted by Crippen LogP contribution is -2.48. The van der Waals surface area contributed by atoms with Gasteiger partial charge in [-0.15, -0.1) is 0 Å². The van der Waals surface area contributed by atoms with Gasteiger partial charge in [0.1, 0.15) is 5.82 Å². The summed E-state index contributed by atoms with van der Waals surface area (Å²) in [5.41, 5.74) is 6.15. The van der Waals surface area contributed by atoms with Crippen LogP contribution in [-0.2, 0) is 16.0 Å². The lowest BCUT2D eigenvalue weighted by Gasteiger charge is -2.34. The largest absolute Gasteiger partial charge is 0.466 e. The van der Waals surface area contributed by atoms with Gasteiger partial charge in [0.05, 0.1) is 48.7 Å². The van der Waals surface area contributed by atoms with E-state index in [-0.39, 0.29) is 18.3 Å². The third kappa shape index (κ3) is 5.51. The van der Waals surface area contributed by atoms with E-state index in [9.17, 15) is 9.59 Å². The van der Waals surface area contributed by atoms with Crippen molar-refractivity contribution in [1.82, 2.24) is 14.9 Å². The molecule has 208 valence electrons. The van der Waals surface area contributed by atoms with Gasteiger partial charge in [-0.1, -0.05) is 24.3 Å². The molecule has 0 spiro atoms. The van der Waals surface area contributed by atoms with E-state index in [1.54, 1.807) is 25.5 Å². The van der Waals surface area contributed by atoms with Crippen LogP contribution in [-0.4, -0.2) is 71.0 Å². The number of hydrogen-bond acceptors (Lipinski definition) is 9. The molecular formula is C30H29N7O4. The fourth-order valence-electron chi connectivity index (χ4n) is 5.25. The third-order valence-electron chi connectivity index (χ3n) is 7.33. The maximum Gasteiger partial charge on any atom is 0.407 e. The molecule has 3 aliphatic heterocycles. The molecule has 2 aromatic heterocycles. The fourth-order valence-corrected chi connectivity index (χ4v) is 5.25. The van der Waals surface area contributed by atoms with Crippen molar-refractivity contribution in [3.8, 4) is 0 Å². The smallest absolute Gasteiger partial charge is 0.407 e. The molecule has 5 heterocycles. The molecule has 0 bridgehead atoms. The lowest BCUT2D eigenvalue weighted by molar-refractivity contribution is -0.142. The predicted molar refractivity (Wildman–Crippen MR) is 154 cm³/mol. The minimum atomic E-state index is -0.880. The van der Waals surface area contributed by atoms with Crippen molar-refractivity contribution in [2.45, 2.75) is 19.3 Å². The summed E-state index contributed by atoms with van der Waals surface area (Å²) in [4.78, 5) is 44.9. The number of amides is 1. The van der Waals surface area contributed by atoms with Crippen molar-refractivity contribution in [2.24, 2.45) is 9.98 Å². The first-order chi connectivity index (χ1) is 20.0. The summed E-state index contributed by atoms with van der Waals surface area (Å²) in [6.45, 7) is 4.37. The average Bonchev–Trinajstić information content (AvgIpc) is 3.36. The number of carbonyl (C=O) groups excluding carboxylic acids is 1. The van der Waals surface area contributed by atoms with E-state index in [1.165, 1.54) is 4.90 Å². The van der Waals surface area contributed by atoms with Gasteiger partial charge in [-0.3, -0.25) is 9.79 Å². The van der Waals surface area contributed by atoms with Gasteiger partial charge >= 0.3 is 12.1 Å². The number of aliphatic imine (C=N–C) groups is 1. The van der Waals surface area contributed by atoms with E-state index in [1.807, 2.05) is 48.7 Å². The normalized spacial score (nSPS) is 17.3. The number of esters is 1. The first-order valence-corrected chi connectivity index (χ1v) is 13.5. The molecule has 1 fully saturated rings. The average molecular weight is 552 g/mol. The first-order valence-electron chi connectivity index (χ1n) is 13.5. The summed E-state index contributed by atoms with van der Waals surface area (Å²) >= 11 is 0. The second kappa shape index (κ2) is 11.2. The van der Waals surface area contributed by atoms with Gasteiger partial charge in [-0.2, -0.15) is 0 Å². The van der Waals surface area contributed by atoms with Crippen LogP contribution in [0.15, 0.2) is 76.7 Å². The molecule has 41 heavy (non-hydrogen) atoms. The summed E-state index contributed by atoms with van der Waals surface area (Å²) in [6.07, 6.45) is 6.55. The van der Waals surface area contributed by atoms with Crippen LogP contribution >= 0.6 is 0 Å². The number of carbonyl (C=O) groups is 2. The van der Waals surface area contributed by atoms with Gasteiger partial charge in [-0.05, 0) is 36.2 Å². The minimum Gasteiger partial charge on any atom is -0.466 e. The highest BCUT2D eigenvalue weighted by molar-refractivity contribution is 5.91. The maximum atomic E-state index is 11.9. The second-order valence-corrected chi connectivity index (χ2v) is 9.92. The number of anilines is 3. The number of piperazine rings is 1. The van der Waals surface area contributed by atoms with E-state index in [4.69, 9.17) is 14.8 Å². The predicted octanol–water partition coefficient (Wildman–Crippen LogP) is 2.62. The molecule has 1 atom stereocenters. The molecule has 0 radical (unpaired) electrons. The van der Waals surface area contributed by atoms with Crippen molar-refractivity contribution in [2.75, 3.05) is 43.0 Å². The van der Waals surface area contributed by atoms with Crippen molar-refractivity contribution in [1.29, 1.82) is 0 Å². The number of fused-ring (bicyclic) bond motifs is 2. The van der Waals surface area contributed by atoms with Gasteiger partial charge in [0.15, 0.2) is 5.49 Å². The zero-order chi connectivity index (χ0) is 28.3. The quantitative estimate of drug-likeness (QED) is 0.429. The molecule has 6 rings (SSSR count). The zero-order valence-electron chi connectivity index (χ0n) is 22.5. The summed E-state index contributed by atoms with van der Waals surface area (Å²) in [5, 5.41) is 13.4. The van der Waals surface area contributed by atoms with Gasteiger partial charge in [0.2, 0.25) is 0 Å². The van der Waals surface area contributed by atoms with Crippen LogP contribution in [0, 0.1) is 0 Å². The molecule has 0 aliphatic carbocycles. The van der Waals surface area contributed by atoms with Crippen molar-refractivity contribution in [3.63, 3.8) is 0 Å². The Morgan fingerprint density at radius 3 is 2.56 bits per heavy atom. The molecule has 11 nitrogen and oxygen atoms in total. The number of pyridine rings is 2. The van der Waals surface area contributed by atoms with Crippen LogP contribution in [0.4, 0.5) is 22.0 Å². The number of hydrogen-bond donors (Lipinski definition) is 2. The molecule has 0 saturated carbocycles. The minimum absolute atomic E-state index is 0.104. The molecule has 3 aliphatic rings. The number of ether oxygens (including phenoxy) is 1. The SMILES string of the molecule is CCOC(=O)Cc1ccc(C2C=NC=C3N=c4ncc(Nc5ccc(N6CCN(C(=O)O)CC6)cn5)cc4=C32)cc1. The van der Waals surface area contributed by atoms with E-state index >= 15 is 0 Å². The van der Waals surface area contributed by atoms with Gasteiger partial charge in [-0.25, -0.2) is 19.8 Å². The number of allylic oxidation sites excluding steroid dienone is 1. The molecule has 2 N–H and O–H groups in total. The van der Waals surface area contributed by atoms with Gasteiger partial charge in [0, 0.05) is 49.1 Å². The summed E-state index contributed by atoms with van der Waals surface area (Å²) in [7, 11) is 0. The highest BCUT2D eigenvalue weighted by Crippen LogP contribution is 2.33. The van der Waals surface area contributed by atoms with Crippen LogP contribution < -0.4 is 20.9 Å². The Morgan fingerprint density at radius 1 is 1.05 bits per heavy atom. The molecule has 1 unspecified atom stereocenters. The Balaban J connectivity index is 1.21. The summed E-state index contributed by atoms with van der Waals surface area (Å²) in [5.74, 6) is 0.332. The molecule has 11 heteroatoms. The number of carboxylic acid groups (broad SMARTS) is 1. The number of rotatable bonds is 7. The highest BCUT2D eigenvalue weighted by atomic mass is 16.5. The molecule has 3 aromatic rings. The monoisotopic (exact) mass is 551 g/mol. The van der Waals surface area contributed by atoms with Crippen molar-refractivity contribution in [3.05, 3.63) is 88.6 Å². The second-order valence-electron chi connectivity index (χ2n) is 9.92. The Hall–Kier alpha value is -5.06. The zero-order valence-corrected chi connectivity index (χ0v) is 22.5.